The minimum atomic E-state index is -0.510. The largest absolute Gasteiger partial charge is 0.381 e. The third-order valence-electron chi connectivity index (χ3n) is 7.36. The van der Waals surface area contributed by atoms with Crippen molar-refractivity contribution < 1.29 is 13.9 Å². The summed E-state index contributed by atoms with van der Waals surface area (Å²) in [4.78, 5) is 19.5. The fourth-order valence-electron chi connectivity index (χ4n) is 4.94. The van der Waals surface area contributed by atoms with E-state index in [4.69, 9.17) is 9.84 Å². The van der Waals surface area contributed by atoms with Gasteiger partial charge in [0.05, 0.1) is 54.3 Å². The van der Waals surface area contributed by atoms with Gasteiger partial charge in [0.15, 0.2) is 0 Å². The number of carbonyl (C=O) groups excluding carboxylic acids is 1. The number of aryl methyl sites for hydroxylation is 1. The van der Waals surface area contributed by atoms with Gasteiger partial charge in [0.2, 0.25) is 0 Å². The first-order valence-corrected chi connectivity index (χ1v) is 12.7. The molecule has 36 heavy (non-hydrogen) atoms. The quantitative estimate of drug-likeness (QED) is 0.527. The van der Waals surface area contributed by atoms with E-state index in [-0.39, 0.29) is 17.5 Å². The van der Waals surface area contributed by atoms with Crippen LogP contribution in [-0.4, -0.2) is 70.0 Å². The number of ether oxygens (including phenoxy) is 1. The van der Waals surface area contributed by atoms with E-state index in [0.29, 0.717) is 17.8 Å². The van der Waals surface area contributed by atoms with Crippen LogP contribution in [0.15, 0.2) is 42.9 Å². The Morgan fingerprint density at radius 2 is 1.89 bits per heavy atom. The van der Waals surface area contributed by atoms with Gasteiger partial charge in [-0.2, -0.15) is 5.10 Å². The second kappa shape index (κ2) is 9.63. The van der Waals surface area contributed by atoms with Crippen molar-refractivity contribution in [3.8, 4) is 16.9 Å². The topological polar surface area (TPSA) is 84.3 Å². The molecular formula is C27H31FN6O2. The number of halogens is 1. The average Bonchev–Trinajstić information content (AvgIpc) is 3.51. The van der Waals surface area contributed by atoms with Gasteiger partial charge in [0.25, 0.3) is 5.91 Å². The molecule has 0 unspecified atom stereocenters. The molecule has 188 valence electrons. The van der Waals surface area contributed by atoms with Gasteiger partial charge >= 0.3 is 0 Å². The third-order valence-corrected chi connectivity index (χ3v) is 7.36. The van der Waals surface area contributed by atoms with Crippen LogP contribution in [0, 0.1) is 12.7 Å². The second-order valence-corrected chi connectivity index (χ2v) is 10.1. The molecule has 0 atom stereocenters. The summed E-state index contributed by atoms with van der Waals surface area (Å²) in [6.45, 7) is 5.72. The molecule has 9 heteroatoms. The van der Waals surface area contributed by atoms with E-state index in [0.717, 1.165) is 74.5 Å². The number of amides is 1. The molecule has 4 heterocycles. The number of piperidine rings is 1. The highest BCUT2D eigenvalue weighted by Crippen LogP contribution is 2.28. The van der Waals surface area contributed by atoms with E-state index in [1.807, 2.05) is 31.5 Å². The molecule has 1 aromatic carbocycles. The SMILES string of the molecule is Cc1cc(F)c(C(=O)NC2CC2)cc1-c1ccn(-c2cncc(NC3CCN(C4COC4)CC3)c2)n1. The minimum absolute atomic E-state index is 0.0563. The van der Waals surface area contributed by atoms with Gasteiger partial charge in [-0.25, -0.2) is 9.07 Å². The standard InChI is InChI=1S/C27H31FN6O2/c1-17-10-25(28)24(27(35)31-18-2-3-18)12-23(17)26-6-9-34(32-26)21-11-20(13-29-14-21)30-19-4-7-33(8-5-19)22-15-36-16-22/h6,9-14,18-19,22,30H,2-5,7-8,15-16H2,1H3,(H,31,35). The van der Waals surface area contributed by atoms with Crippen molar-refractivity contribution in [3.05, 3.63) is 59.8 Å². The summed E-state index contributed by atoms with van der Waals surface area (Å²) in [6, 6.07) is 8.11. The lowest BCUT2D eigenvalue weighted by Gasteiger charge is -2.41. The average molecular weight is 491 g/mol. The van der Waals surface area contributed by atoms with Crippen LogP contribution in [0.1, 0.15) is 41.6 Å². The summed E-state index contributed by atoms with van der Waals surface area (Å²) < 4.78 is 21.6. The lowest BCUT2D eigenvalue weighted by Crippen LogP contribution is -2.53. The van der Waals surface area contributed by atoms with Gasteiger partial charge < -0.3 is 15.4 Å². The predicted molar refractivity (Wildman–Crippen MR) is 135 cm³/mol. The summed E-state index contributed by atoms with van der Waals surface area (Å²) >= 11 is 0. The number of nitrogens with one attached hydrogen (secondary N) is 2. The molecule has 3 fully saturated rings. The van der Waals surface area contributed by atoms with Gasteiger partial charge in [0, 0.05) is 36.9 Å². The predicted octanol–water partition coefficient (Wildman–Crippen LogP) is 3.55. The fraction of sp³-hybridized carbons (Fsp3) is 0.444. The molecule has 2 aliphatic heterocycles. The molecule has 3 aliphatic rings. The van der Waals surface area contributed by atoms with E-state index < -0.39 is 5.82 Å². The first-order valence-electron chi connectivity index (χ1n) is 12.7. The van der Waals surface area contributed by atoms with Crippen molar-refractivity contribution in [1.29, 1.82) is 0 Å². The monoisotopic (exact) mass is 490 g/mol. The number of hydrogen-bond acceptors (Lipinski definition) is 6. The number of nitrogens with zero attached hydrogens (tertiary/aromatic N) is 4. The van der Waals surface area contributed by atoms with Crippen LogP contribution in [0.5, 0.6) is 0 Å². The van der Waals surface area contributed by atoms with E-state index in [1.165, 1.54) is 6.07 Å². The zero-order valence-electron chi connectivity index (χ0n) is 20.4. The van der Waals surface area contributed by atoms with Crippen LogP contribution in [0.4, 0.5) is 10.1 Å². The summed E-state index contributed by atoms with van der Waals surface area (Å²) in [5.41, 5.74) is 4.00. The van der Waals surface area contributed by atoms with Crippen LogP contribution in [0.25, 0.3) is 16.9 Å². The first-order chi connectivity index (χ1) is 17.5. The molecule has 8 nitrogen and oxygen atoms in total. The Labute approximate surface area is 209 Å². The lowest BCUT2D eigenvalue weighted by atomic mass is 10.0. The van der Waals surface area contributed by atoms with Crippen LogP contribution in [-0.2, 0) is 4.74 Å². The van der Waals surface area contributed by atoms with Crippen molar-refractivity contribution in [1.82, 2.24) is 25.0 Å². The van der Waals surface area contributed by atoms with E-state index in [1.54, 1.807) is 16.9 Å². The van der Waals surface area contributed by atoms with E-state index in [2.05, 4.69) is 20.5 Å². The number of likely N-dealkylation sites (tertiary alicyclic amines) is 1. The number of anilines is 1. The highest BCUT2D eigenvalue weighted by Gasteiger charge is 2.29. The number of aromatic nitrogens is 3. The van der Waals surface area contributed by atoms with Crippen LogP contribution >= 0.6 is 0 Å². The number of benzene rings is 1. The maximum atomic E-state index is 14.5. The Hall–Kier alpha value is -3.30. The molecule has 1 aliphatic carbocycles. The molecule has 3 aromatic rings. The zero-order chi connectivity index (χ0) is 24.6. The fourth-order valence-corrected chi connectivity index (χ4v) is 4.94. The van der Waals surface area contributed by atoms with Gasteiger partial charge in [0.1, 0.15) is 5.82 Å². The molecule has 1 saturated carbocycles. The molecule has 2 N–H and O–H groups in total. The van der Waals surface area contributed by atoms with Crippen molar-refractivity contribution in [3.63, 3.8) is 0 Å². The zero-order valence-corrected chi connectivity index (χ0v) is 20.4. The number of pyridine rings is 1. The van der Waals surface area contributed by atoms with Gasteiger partial charge in [-0.05, 0) is 62.4 Å². The summed E-state index contributed by atoms with van der Waals surface area (Å²) in [5, 5.41) is 11.2. The normalized spacial score (nSPS) is 19.2. The van der Waals surface area contributed by atoms with Crippen LogP contribution < -0.4 is 10.6 Å². The molecule has 0 bridgehead atoms. The van der Waals surface area contributed by atoms with Gasteiger partial charge in [-0.15, -0.1) is 0 Å². The van der Waals surface area contributed by atoms with Crippen LogP contribution in [0.2, 0.25) is 0 Å². The Kier molecular flexibility index (Phi) is 6.18. The van der Waals surface area contributed by atoms with Gasteiger partial charge in [-0.1, -0.05) is 0 Å². The van der Waals surface area contributed by atoms with Crippen molar-refractivity contribution in [2.75, 3.05) is 31.6 Å². The summed E-state index contributed by atoms with van der Waals surface area (Å²) in [7, 11) is 0. The first kappa shape index (κ1) is 23.1. The van der Waals surface area contributed by atoms with Crippen molar-refractivity contribution >= 4 is 11.6 Å². The smallest absolute Gasteiger partial charge is 0.254 e. The molecule has 1 amide bonds. The Bertz CT molecular complexity index is 1260. The Morgan fingerprint density at radius 1 is 1.08 bits per heavy atom. The maximum absolute atomic E-state index is 14.5. The van der Waals surface area contributed by atoms with E-state index >= 15 is 0 Å². The molecule has 0 spiro atoms. The highest BCUT2D eigenvalue weighted by molar-refractivity contribution is 5.96. The number of hydrogen-bond donors (Lipinski definition) is 2. The van der Waals surface area contributed by atoms with Crippen molar-refractivity contribution in [2.24, 2.45) is 0 Å². The molecule has 2 aromatic heterocycles. The maximum Gasteiger partial charge on any atom is 0.254 e. The number of carbonyl (C=O) groups is 1. The molecule has 0 radical (unpaired) electrons. The minimum Gasteiger partial charge on any atom is -0.381 e. The van der Waals surface area contributed by atoms with Crippen molar-refractivity contribution in [2.45, 2.75) is 50.7 Å². The summed E-state index contributed by atoms with van der Waals surface area (Å²) in [5.74, 6) is -0.880. The number of rotatable bonds is 7. The lowest BCUT2D eigenvalue weighted by molar-refractivity contribution is -0.0705. The molecular weight excluding hydrogens is 459 g/mol. The Morgan fingerprint density at radius 3 is 2.61 bits per heavy atom. The summed E-state index contributed by atoms with van der Waals surface area (Å²) in [6.07, 6.45) is 9.56. The molecule has 2 saturated heterocycles. The second-order valence-electron chi connectivity index (χ2n) is 10.1. The molecule has 6 rings (SSSR count). The Balaban J connectivity index is 1.16. The third kappa shape index (κ3) is 4.85. The van der Waals surface area contributed by atoms with E-state index in [9.17, 15) is 9.18 Å². The van der Waals surface area contributed by atoms with Gasteiger partial charge in [-0.3, -0.25) is 14.7 Å². The van der Waals surface area contributed by atoms with Crippen LogP contribution in [0.3, 0.4) is 0 Å². The highest BCUT2D eigenvalue weighted by atomic mass is 19.1.